The summed E-state index contributed by atoms with van der Waals surface area (Å²) in [5.41, 5.74) is 1.67. The van der Waals surface area contributed by atoms with Crippen LogP contribution in [0.3, 0.4) is 0 Å². The Morgan fingerprint density at radius 2 is 1.60 bits per heavy atom. The van der Waals surface area contributed by atoms with Gasteiger partial charge in [-0.2, -0.15) is 0 Å². The van der Waals surface area contributed by atoms with E-state index in [2.05, 4.69) is 29.6 Å². The van der Waals surface area contributed by atoms with Gasteiger partial charge in [0.15, 0.2) is 0 Å². The maximum absolute atomic E-state index is 13.7. The zero-order valence-corrected chi connectivity index (χ0v) is 14.4. The largest absolute Gasteiger partial charge is 0.354 e. The summed E-state index contributed by atoms with van der Waals surface area (Å²) in [6, 6.07) is 17.0. The Morgan fingerprint density at radius 1 is 0.920 bits per heavy atom. The summed E-state index contributed by atoms with van der Waals surface area (Å²) in [4.78, 5) is 13.2. The van der Waals surface area contributed by atoms with Gasteiger partial charge in [0.05, 0.1) is 5.41 Å². The highest BCUT2D eigenvalue weighted by Crippen LogP contribution is 2.48. The van der Waals surface area contributed by atoms with E-state index in [1.165, 1.54) is 17.7 Å². The van der Waals surface area contributed by atoms with Crippen molar-refractivity contribution in [2.24, 2.45) is 0 Å². The highest BCUT2D eigenvalue weighted by atomic mass is 19.1. The van der Waals surface area contributed by atoms with Crippen LogP contribution < -0.4 is 5.32 Å². The van der Waals surface area contributed by atoms with Crippen LogP contribution >= 0.6 is 0 Å². The maximum Gasteiger partial charge on any atom is 0.230 e. The summed E-state index contributed by atoms with van der Waals surface area (Å²) < 4.78 is 13.7. The van der Waals surface area contributed by atoms with Crippen molar-refractivity contribution in [3.63, 3.8) is 0 Å². The fourth-order valence-corrected chi connectivity index (χ4v) is 4.34. The van der Waals surface area contributed by atoms with Crippen molar-refractivity contribution in [1.29, 1.82) is 0 Å². The van der Waals surface area contributed by atoms with Gasteiger partial charge in [-0.05, 0) is 48.9 Å². The van der Waals surface area contributed by atoms with Crippen LogP contribution in [0.5, 0.6) is 0 Å². The number of amides is 1. The Kier molecular flexibility index (Phi) is 4.10. The number of nitrogens with one attached hydrogen (secondary N) is 1. The minimum atomic E-state index is -0.561. The van der Waals surface area contributed by atoms with E-state index in [9.17, 15) is 9.18 Å². The van der Waals surface area contributed by atoms with E-state index >= 15 is 0 Å². The van der Waals surface area contributed by atoms with Crippen molar-refractivity contribution in [2.45, 2.75) is 49.4 Å². The molecule has 0 spiro atoms. The van der Waals surface area contributed by atoms with Gasteiger partial charge in [-0.3, -0.25) is 4.79 Å². The number of rotatable bonds is 5. The third-order valence-electron chi connectivity index (χ3n) is 6.10. The van der Waals surface area contributed by atoms with Gasteiger partial charge in [-0.25, -0.2) is 4.39 Å². The molecule has 2 aliphatic carbocycles. The van der Waals surface area contributed by atoms with E-state index in [0.29, 0.717) is 6.54 Å². The number of hydrogen-bond donors (Lipinski definition) is 1. The lowest BCUT2D eigenvalue weighted by Gasteiger charge is -2.29. The molecule has 0 atom stereocenters. The molecule has 4 rings (SSSR count). The predicted molar refractivity (Wildman–Crippen MR) is 96.9 cm³/mol. The zero-order chi connectivity index (χ0) is 17.3. The van der Waals surface area contributed by atoms with Gasteiger partial charge in [0.2, 0.25) is 5.91 Å². The SMILES string of the molecule is O=C(NCC1(c2ccccc2)CC1)C1(c2cccc(F)c2)CCCC1. The Balaban J connectivity index is 1.53. The molecule has 0 aliphatic heterocycles. The van der Waals surface area contributed by atoms with E-state index in [0.717, 1.165) is 44.1 Å². The normalized spacial score (nSPS) is 20.2. The average Bonchev–Trinajstić information content (AvgIpc) is 3.27. The van der Waals surface area contributed by atoms with Gasteiger partial charge in [0.25, 0.3) is 0 Å². The van der Waals surface area contributed by atoms with Gasteiger partial charge in [0.1, 0.15) is 5.82 Å². The van der Waals surface area contributed by atoms with Crippen LogP contribution in [0.2, 0.25) is 0 Å². The van der Waals surface area contributed by atoms with Gasteiger partial charge in [0, 0.05) is 12.0 Å². The Labute approximate surface area is 148 Å². The van der Waals surface area contributed by atoms with Crippen LogP contribution in [0.4, 0.5) is 4.39 Å². The molecule has 130 valence electrons. The van der Waals surface area contributed by atoms with E-state index in [1.807, 2.05) is 12.1 Å². The molecule has 0 unspecified atom stereocenters. The van der Waals surface area contributed by atoms with E-state index in [4.69, 9.17) is 0 Å². The van der Waals surface area contributed by atoms with E-state index in [-0.39, 0.29) is 17.1 Å². The van der Waals surface area contributed by atoms with Gasteiger partial charge >= 0.3 is 0 Å². The zero-order valence-electron chi connectivity index (χ0n) is 14.4. The predicted octanol–water partition coefficient (Wildman–Crippen LogP) is 4.49. The van der Waals surface area contributed by atoms with Crippen LogP contribution in [0.25, 0.3) is 0 Å². The molecule has 2 aliphatic rings. The van der Waals surface area contributed by atoms with Gasteiger partial charge in [-0.1, -0.05) is 55.3 Å². The molecule has 2 saturated carbocycles. The third kappa shape index (κ3) is 2.97. The summed E-state index contributed by atoms with van der Waals surface area (Å²) in [5, 5.41) is 3.22. The molecular weight excluding hydrogens is 313 g/mol. The summed E-state index contributed by atoms with van der Waals surface area (Å²) in [7, 11) is 0. The molecule has 2 aromatic rings. The van der Waals surface area contributed by atoms with Crippen molar-refractivity contribution < 1.29 is 9.18 Å². The average molecular weight is 337 g/mol. The highest BCUT2D eigenvalue weighted by molar-refractivity contribution is 5.88. The molecule has 0 radical (unpaired) electrons. The van der Waals surface area contributed by atoms with Crippen LogP contribution in [0.1, 0.15) is 49.7 Å². The first kappa shape index (κ1) is 16.3. The first-order valence-corrected chi connectivity index (χ1v) is 9.25. The Morgan fingerprint density at radius 3 is 2.24 bits per heavy atom. The second-order valence-corrected chi connectivity index (χ2v) is 7.63. The molecule has 0 heterocycles. The van der Waals surface area contributed by atoms with Crippen molar-refractivity contribution in [3.8, 4) is 0 Å². The minimum absolute atomic E-state index is 0.0674. The molecule has 1 N–H and O–H groups in total. The molecule has 1 amide bonds. The summed E-state index contributed by atoms with van der Waals surface area (Å²) >= 11 is 0. The molecule has 0 saturated heterocycles. The third-order valence-corrected chi connectivity index (χ3v) is 6.10. The standard InChI is InChI=1S/C22H24FNO/c23-19-10-6-9-18(15-19)22(11-4-5-12-22)20(25)24-16-21(13-14-21)17-7-2-1-3-8-17/h1-3,6-10,15H,4-5,11-14,16H2,(H,24,25). The lowest BCUT2D eigenvalue weighted by Crippen LogP contribution is -2.45. The first-order valence-electron chi connectivity index (χ1n) is 9.25. The maximum atomic E-state index is 13.7. The molecule has 0 aromatic heterocycles. The molecule has 0 bridgehead atoms. The Hall–Kier alpha value is -2.16. The minimum Gasteiger partial charge on any atom is -0.354 e. The quantitative estimate of drug-likeness (QED) is 0.856. The topological polar surface area (TPSA) is 29.1 Å². The van der Waals surface area contributed by atoms with Crippen molar-refractivity contribution >= 4 is 5.91 Å². The van der Waals surface area contributed by atoms with Crippen LogP contribution in [-0.2, 0) is 15.6 Å². The number of hydrogen-bond acceptors (Lipinski definition) is 1. The molecule has 3 heteroatoms. The van der Waals surface area contributed by atoms with E-state index < -0.39 is 5.41 Å². The molecule has 2 fully saturated rings. The number of benzene rings is 2. The van der Waals surface area contributed by atoms with Gasteiger partial charge in [-0.15, -0.1) is 0 Å². The second-order valence-electron chi connectivity index (χ2n) is 7.63. The fourth-order valence-electron chi connectivity index (χ4n) is 4.34. The van der Waals surface area contributed by atoms with Crippen molar-refractivity contribution in [2.75, 3.05) is 6.54 Å². The monoisotopic (exact) mass is 337 g/mol. The number of carbonyl (C=O) groups excluding carboxylic acids is 1. The molecule has 2 aromatic carbocycles. The second kappa shape index (κ2) is 6.29. The summed E-state index contributed by atoms with van der Waals surface area (Å²) in [5.74, 6) is -0.197. The van der Waals surface area contributed by atoms with Crippen LogP contribution in [0, 0.1) is 5.82 Å². The molecule has 25 heavy (non-hydrogen) atoms. The van der Waals surface area contributed by atoms with E-state index in [1.54, 1.807) is 6.07 Å². The Bertz CT molecular complexity index is 761. The first-order chi connectivity index (χ1) is 12.1. The lowest BCUT2D eigenvalue weighted by atomic mass is 9.77. The van der Waals surface area contributed by atoms with Crippen LogP contribution in [-0.4, -0.2) is 12.5 Å². The smallest absolute Gasteiger partial charge is 0.230 e. The van der Waals surface area contributed by atoms with Crippen molar-refractivity contribution in [1.82, 2.24) is 5.32 Å². The van der Waals surface area contributed by atoms with Crippen LogP contribution in [0.15, 0.2) is 54.6 Å². The summed E-state index contributed by atoms with van der Waals surface area (Å²) in [6.07, 6.45) is 5.89. The van der Waals surface area contributed by atoms with Gasteiger partial charge < -0.3 is 5.32 Å². The van der Waals surface area contributed by atoms with Crippen molar-refractivity contribution in [3.05, 3.63) is 71.5 Å². The summed E-state index contributed by atoms with van der Waals surface area (Å²) in [6.45, 7) is 0.674. The molecular formula is C22H24FNO. The number of carbonyl (C=O) groups is 1. The fraction of sp³-hybridized carbons (Fsp3) is 0.409. The molecule has 2 nitrogen and oxygen atoms in total. The highest BCUT2D eigenvalue weighted by Gasteiger charge is 2.47. The lowest BCUT2D eigenvalue weighted by molar-refractivity contribution is -0.126. The number of halogens is 1.